The standard InChI is InChI=1S/C9H10F5N3O2S/c10-20(11,12,13,14)7-3-1-2-6(4-7)9(19)8(18)5-16-17-15/h1-4,8-9,18-19H,5H2. The van der Waals surface area contributed by atoms with Crippen LogP contribution in [-0.2, 0) is 0 Å². The van der Waals surface area contributed by atoms with Crippen LogP contribution in [0.4, 0.5) is 19.4 Å². The Kier molecular flexibility index (Phi) is 3.70. The smallest absolute Gasteiger partial charge is 0.310 e. The maximum Gasteiger partial charge on any atom is 0.310 e. The average Bonchev–Trinajstić information content (AvgIpc) is 2.32. The quantitative estimate of drug-likeness (QED) is 0.371. The number of aliphatic hydroxyl groups is 2. The van der Waals surface area contributed by atoms with E-state index in [9.17, 15) is 29.6 Å². The van der Waals surface area contributed by atoms with Crippen molar-refractivity contribution in [3.8, 4) is 0 Å². The average molecular weight is 319 g/mol. The summed E-state index contributed by atoms with van der Waals surface area (Å²) in [6, 6.07) is 1.87. The van der Waals surface area contributed by atoms with E-state index in [4.69, 9.17) is 5.53 Å². The normalized spacial score (nSPS) is 18.4. The molecule has 1 rings (SSSR count). The number of hydrogen-bond donors (Lipinski definition) is 2. The number of rotatable bonds is 5. The Hall–Kier alpha value is -1.55. The minimum Gasteiger partial charge on any atom is -0.390 e. The van der Waals surface area contributed by atoms with Gasteiger partial charge in [-0.25, -0.2) is 0 Å². The molecule has 0 fully saturated rings. The largest absolute Gasteiger partial charge is 0.390 e. The lowest BCUT2D eigenvalue weighted by molar-refractivity contribution is 0.0242. The highest BCUT2D eigenvalue weighted by atomic mass is 32.5. The van der Waals surface area contributed by atoms with Crippen LogP contribution in [0, 0.1) is 0 Å². The molecule has 0 aliphatic rings. The number of nitrogens with zero attached hydrogens (tertiary/aromatic N) is 3. The molecule has 114 valence electrons. The summed E-state index contributed by atoms with van der Waals surface area (Å²) in [5.41, 5.74) is 7.45. The second-order valence-corrected chi connectivity index (χ2v) is 6.38. The molecule has 0 heterocycles. The van der Waals surface area contributed by atoms with Gasteiger partial charge in [-0.15, -0.1) is 0 Å². The first-order valence-electron chi connectivity index (χ1n) is 5.06. The first-order chi connectivity index (χ1) is 8.85. The third-order valence-electron chi connectivity index (χ3n) is 2.34. The number of hydrogen-bond acceptors (Lipinski definition) is 3. The molecule has 0 aliphatic carbocycles. The molecule has 2 N–H and O–H groups in total. The van der Waals surface area contributed by atoms with Crippen LogP contribution >= 0.6 is 10.2 Å². The Morgan fingerprint density at radius 3 is 2.30 bits per heavy atom. The van der Waals surface area contributed by atoms with Crippen LogP contribution in [0.25, 0.3) is 10.4 Å². The summed E-state index contributed by atoms with van der Waals surface area (Å²) >= 11 is 0. The van der Waals surface area contributed by atoms with Crippen LogP contribution in [0.1, 0.15) is 11.7 Å². The maximum absolute atomic E-state index is 12.6. The van der Waals surface area contributed by atoms with Crippen molar-refractivity contribution in [1.29, 1.82) is 0 Å². The zero-order chi connectivity index (χ0) is 15.7. The van der Waals surface area contributed by atoms with E-state index >= 15 is 0 Å². The highest BCUT2D eigenvalue weighted by molar-refractivity contribution is 8.45. The van der Waals surface area contributed by atoms with Crippen LogP contribution in [0.3, 0.4) is 0 Å². The summed E-state index contributed by atoms with van der Waals surface area (Å²) in [6.07, 6.45) is -3.60. The number of benzene rings is 1. The van der Waals surface area contributed by atoms with Crippen molar-refractivity contribution in [3.05, 3.63) is 40.3 Å². The van der Waals surface area contributed by atoms with Gasteiger partial charge in [0.15, 0.2) is 0 Å². The predicted octanol–water partition coefficient (Wildman–Crippen LogP) is 4.05. The SMILES string of the molecule is [N-]=[N+]=NCC(O)C(O)c1cccc(S(F)(F)(F)(F)F)c1. The van der Waals surface area contributed by atoms with Crippen LogP contribution < -0.4 is 0 Å². The van der Waals surface area contributed by atoms with Crippen LogP contribution in [0.2, 0.25) is 0 Å². The molecule has 0 bridgehead atoms. The maximum atomic E-state index is 12.6. The molecule has 5 nitrogen and oxygen atoms in total. The summed E-state index contributed by atoms with van der Waals surface area (Å²) in [4.78, 5) is 0.121. The second-order valence-electron chi connectivity index (χ2n) is 3.97. The summed E-state index contributed by atoms with van der Waals surface area (Å²) < 4.78 is 62.9. The highest BCUT2D eigenvalue weighted by Crippen LogP contribution is 3.02. The lowest BCUT2D eigenvalue weighted by atomic mass is 10.0. The summed E-state index contributed by atoms with van der Waals surface area (Å²) in [5.74, 6) is 0. The zero-order valence-corrected chi connectivity index (χ0v) is 10.5. The topological polar surface area (TPSA) is 89.2 Å². The fourth-order valence-corrected chi connectivity index (χ4v) is 2.08. The third kappa shape index (κ3) is 4.23. The first-order valence-corrected chi connectivity index (χ1v) is 7.01. The lowest BCUT2D eigenvalue weighted by Gasteiger charge is -2.40. The van der Waals surface area contributed by atoms with Gasteiger partial charge in [0, 0.05) is 4.91 Å². The van der Waals surface area contributed by atoms with Gasteiger partial charge >= 0.3 is 10.2 Å². The third-order valence-corrected chi connectivity index (χ3v) is 3.49. The molecule has 1 aromatic carbocycles. The highest BCUT2D eigenvalue weighted by Gasteiger charge is 2.65. The summed E-state index contributed by atoms with van der Waals surface area (Å²) in [5, 5.41) is 21.8. The minimum absolute atomic E-state index is 0.0610. The molecule has 0 saturated carbocycles. The van der Waals surface area contributed by atoms with Gasteiger partial charge in [0.2, 0.25) is 0 Å². The van der Waals surface area contributed by atoms with E-state index in [2.05, 4.69) is 10.0 Å². The van der Waals surface area contributed by atoms with E-state index in [1.165, 1.54) is 0 Å². The fraction of sp³-hybridized carbons (Fsp3) is 0.333. The van der Waals surface area contributed by atoms with E-state index in [1.54, 1.807) is 0 Å². The van der Waals surface area contributed by atoms with Crippen molar-refractivity contribution in [1.82, 2.24) is 0 Å². The Balaban J connectivity index is 3.15. The van der Waals surface area contributed by atoms with Gasteiger partial charge in [0.25, 0.3) is 0 Å². The van der Waals surface area contributed by atoms with E-state index in [0.717, 1.165) is 6.07 Å². The second kappa shape index (κ2) is 4.48. The molecule has 0 amide bonds. The molecule has 2 atom stereocenters. The Morgan fingerprint density at radius 1 is 1.20 bits per heavy atom. The van der Waals surface area contributed by atoms with E-state index < -0.39 is 39.4 Å². The van der Waals surface area contributed by atoms with Crippen LogP contribution in [0.15, 0.2) is 34.3 Å². The number of aliphatic hydroxyl groups excluding tert-OH is 2. The van der Waals surface area contributed by atoms with Gasteiger partial charge in [0.05, 0.1) is 12.6 Å². The van der Waals surface area contributed by atoms with Gasteiger partial charge in [-0.05, 0) is 23.2 Å². The van der Waals surface area contributed by atoms with Crippen molar-refractivity contribution in [3.63, 3.8) is 0 Å². The molecular formula is C9H10F5N3O2S. The van der Waals surface area contributed by atoms with Gasteiger partial charge in [0.1, 0.15) is 11.0 Å². The molecular weight excluding hydrogens is 309 g/mol. The van der Waals surface area contributed by atoms with E-state index in [1.807, 2.05) is 0 Å². The fourth-order valence-electron chi connectivity index (χ4n) is 1.38. The van der Waals surface area contributed by atoms with Crippen molar-refractivity contribution in [2.45, 2.75) is 17.1 Å². The molecule has 0 saturated heterocycles. The molecule has 0 aromatic heterocycles. The van der Waals surface area contributed by atoms with Crippen LogP contribution in [-0.4, -0.2) is 22.9 Å². The van der Waals surface area contributed by atoms with Crippen molar-refractivity contribution in [2.24, 2.45) is 5.11 Å². The van der Waals surface area contributed by atoms with Crippen molar-refractivity contribution < 1.29 is 29.6 Å². The summed E-state index contributed by atoms with van der Waals surface area (Å²) in [7, 11) is -9.85. The Bertz CT molecular complexity index is 558. The molecule has 2 unspecified atom stereocenters. The van der Waals surface area contributed by atoms with Crippen molar-refractivity contribution >= 4 is 10.2 Å². The number of azide groups is 1. The number of halogens is 5. The molecule has 11 heteroatoms. The van der Waals surface area contributed by atoms with Gasteiger partial charge in [-0.3, -0.25) is 0 Å². The summed E-state index contributed by atoms with van der Waals surface area (Å²) in [6.45, 7) is -0.613. The van der Waals surface area contributed by atoms with Gasteiger partial charge in [-0.1, -0.05) is 36.7 Å². The zero-order valence-electron chi connectivity index (χ0n) is 9.71. The molecule has 20 heavy (non-hydrogen) atoms. The van der Waals surface area contributed by atoms with E-state index in [0.29, 0.717) is 6.07 Å². The first kappa shape index (κ1) is 16.5. The van der Waals surface area contributed by atoms with Crippen molar-refractivity contribution in [2.75, 3.05) is 6.54 Å². The lowest BCUT2D eigenvalue weighted by Crippen LogP contribution is -2.21. The van der Waals surface area contributed by atoms with E-state index in [-0.39, 0.29) is 12.1 Å². The Morgan fingerprint density at radius 2 is 1.80 bits per heavy atom. The van der Waals surface area contributed by atoms with Gasteiger partial charge < -0.3 is 10.2 Å². The van der Waals surface area contributed by atoms with Crippen LogP contribution in [0.5, 0.6) is 0 Å². The minimum atomic E-state index is -9.85. The molecule has 0 radical (unpaired) electrons. The predicted molar refractivity (Wildman–Crippen MR) is 62.8 cm³/mol. The molecule has 0 spiro atoms. The van der Waals surface area contributed by atoms with Gasteiger partial charge in [-0.2, -0.15) is 0 Å². The molecule has 0 aliphatic heterocycles. The molecule has 1 aromatic rings. The monoisotopic (exact) mass is 319 g/mol. The Labute approximate surface area is 110 Å².